The number of rotatable bonds is 6. The third kappa shape index (κ3) is 4.96. The molecule has 6 heteroatoms. The van der Waals surface area contributed by atoms with Crippen LogP contribution in [-0.2, 0) is 4.79 Å². The first-order valence-electron chi connectivity index (χ1n) is 16.9. The molecule has 4 aliphatic carbocycles. The van der Waals surface area contributed by atoms with E-state index in [2.05, 4.69) is 82.2 Å². The van der Waals surface area contributed by atoms with Gasteiger partial charge in [-0.3, -0.25) is 10.3 Å². The van der Waals surface area contributed by atoms with Crippen molar-refractivity contribution in [2.45, 2.75) is 127 Å². The van der Waals surface area contributed by atoms with Gasteiger partial charge < -0.3 is 10.0 Å². The molecule has 241 valence electrons. The van der Waals surface area contributed by atoms with E-state index >= 15 is 8.78 Å². The molecule has 0 saturated heterocycles. The van der Waals surface area contributed by atoms with Gasteiger partial charge >= 0.3 is 5.92 Å². The number of halogens is 2. The predicted octanol–water partition coefficient (Wildman–Crippen LogP) is 9.24. The second-order valence-corrected chi connectivity index (χ2v) is 21.2. The number of benzene rings is 1. The van der Waals surface area contributed by atoms with Crippen LogP contribution >= 0.6 is 0 Å². The van der Waals surface area contributed by atoms with Gasteiger partial charge in [-0.15, -0.1) is 16.6 Å². The lowest BCUT2D eigenvalue weighted by molar-refractivity contribution is -0.209. The number of aliphatic hydroxyl groups is 1. The standard InChI is InChI=1S/C38H53F2NO2Si/c1-24(2)44(25(3)4,26(5)6)21-20-38(39,40)37(43)19-18-34-32-16-12-28-22-30(42)15-17-31(28)35(32)33(23-36(34,37)7)27-10-13-29(14-11-27)41(8)9/h10-11,13-14,22,24-26,32-34,43H,12,15-19,23H2,1-9H3/q-1/t32?,33?,34?,36-,37-/m0/s1. The first-order chi connectivity index (χ1) is 20.5. The highest BCUT2D eigenvalue weighted by Crippen LogP contribution is 2.69. The van der Waals surface area contributed by atoms with Crippen LogP contribution in [0.1, 0.15) is 105 Å². The summed E-state index contributed by atoms with van der Waals surface area (Å²) < 4.78 is 33.6. The van der Waals surface area contributed by atoms with E-state index < -0.39 is 25.0 Å². The molecular formula is C38H53F2NO2Si-. The number of hydrogen-bond acceptors (Lipinski definition) is 3. The van der Waals surface area contributed by atoms with Crippen molar-refractivity contribution in [3.63, 3.8) is 0 Å². The number of alkyl halides is 2. The van der Waals surface area contributed by atoms with Crippen LogP contribution in [0.25, 0.3) is 0 Å². The van der Waals surface area contributed by atoms with Crippen molar-refractivity contribution in [2.24, 2.45) is 17.3 Å². The summed E-state index contributed by atoms with van der Waals surface area (Å²) in [6.45, 7) is 14.7. The molecule has 2 fully saturated rings. The highest BCUT2D eigenvalue weighted by Gasteiger charge is 2.71. The second kappa shape index (κ2) is 11.5. The average Bonchev–Trinajstić information content (AvgIpc) is 3.23. The smallest absolute Gasteiger partial charge is 0.333 e. The van der Waals surface area contributed by atoms with Crippen molar-refractivity contribution in [3.8, 4) is 11.5 Å². The number of fused-ring (bicyclic) bond motifs is 4. The lowest BCUT2D eigenvalue weighted by Crippen LogP contribution is -2.60. The molecule has 1 N–H and O–H groups in total. The average molecular weight is 622 g/mol. The minimum absolute atomic E-state index is 0.0542. The van der Waals surface area contributed by atoms with Gasteiger partial charge in [0.2, 0.25) is 0 Å². The Labute approximate surface area is 265 Å². The monoisotopic (exact) mass is 621 g/mol. The third-order valence-electron chi connectivity index (χ3n) is 12.5. The van der Waals surface area contributed by atoms with Gasteiger partial charge in [-0.25, -0.2) is 0 Å². The Hall–Kier alpha value is -2.23. The van der Waals surface area contributed by atoms with Crippen molar-refractivity contribution < 1.29 is 18.7 Å². The maximum atomic E-state index is 16.8. The lowest BCUT2D eigenvalue weighted by atomic mass is 9.50. The molecule has 3 unspecified atom stereocenters. The molecule has 0 radical (unpaired) electrons. The van der Waals surface area contributed by atoms with E-state index in [4.69, 9.17) is 0 Å². The Morgan fingerprint density at radius 1 is 0.977 bits per heavy atom. The minimum Gasteiger partial charge on any atom is -0.382 e. The zero-order chi connectivity index (χ0) is 32.4. The fraction of sp³-hybridized carbons (Fsp3) is 0.658. The number of nitrogens with zero attached hydrogens (tertiary/aromatic N) is 1. The summed E-state index contributed by atoms with van der Waals surface area (Å²) in [5.74, 6) is -0.818. The van der Waals surface area contributed by atoms with E-state index in [1.165, 1.54) is 11.1 Å². The molecule has 1 aromatic rings. The first-order valence-corrected chi connectivity index (χ1v) is 19.1. The van der Waals surface area contributed by atoms with Gasteiger partial charge in [-0.2, -0.15) is 8.78 Å². The molecule has 0 spiro atoms. The minimum atomic E-state index is -3.52. The maximum absolute atomic E-state index is 16.8. The van der Waals surface area contributed by atoms with Crippen molar-refractivity contribution in [1.29, 1.82) is 0 Å². The van der Waals surface area contributed by atoms with Crippen LogP contribution in [0.4, 0.5) is 14.5 Å². The van der Waals surface area contributed by atoms with Crippen LogP contribution in [0.3, 0.4) is 0 Å². The topological polar surface area (TPSA) is 40.5 Å². The summed E-state index contributed by atoms with van der Waals surface area (Å²) in [6, 6.07) is 8.48. The molecule has 0 amide bonds. The van der Waals surface area contributed by atoms with E-state index in [0.717, 1.165) is 36.1 Å². The van der Waals surface area contributed by atoms with Gasteiger partial charge in [0.15, 0.2) is 5.78 Å². The van der Waals surface area contributed by atoms with Gasteiger partial charge in [0.1, 0.15) is 5.60 Å². The van der Waals surface area contributed by atoms with Crippen molar-refractivity contribution >= 4 is 19.5 Å². The predicted molar refractivity (Wildman–Crippen MR) is 180 cm³/mol. The summed E-state index contributed by atoms with van der Waals surface area (Å²) in [5.41, 5.74) is 6.73. The Morgan fingerprint density at radius 3 is 2.16 bits per heavy atom. The van der Waals surface area contributed by atoms with Gasteiger partial charge in [0.05, 0.1) is 0 Å². The second-order valence-electron chi connectivity index (χ2n) is 15.6. The number of hydrogen-bond donors (Lipinski definition) is 1. The van der Waals surface area contributed by atoms with E-state index in [1.54, 1.807) is 0 Å². The first kappa shape index (κ1) is 33.1. The molecule has 3 nitrogen and oxygen atoms in total. The van der Waals surface area contributed by atoms with Gasteiger partial charge in [0.25, 0.3) is 0 Å². The maximum Gasteiger partial charge on any atom is 0.333 e. The van der Waals surface area contributed by atoms with Crippen LogP contribution in [0.15, 0.2) is 47.1 Å². The summed E-state index contributed by atoms with van der Waals surface area (Å²) in [4.78, 5) is 14.4. The zero-order valence-electron chi connectivity index (χ0n) is 28.4. The third-order valence-corrected chi connectivity index (χ3v) is 18.8. The molecule has 4 aliphatic rings. The fourth-order valence-electron chi connectivity index (χ4n) is 10.2. The summed E-state index contributed by atoms with van der Waals surface area (Å²) >= 11 is 0. The number of allylic oxidation sites excluding steroid dienone is 4. The highest BCUT2D eigenvalue weighted by molar-refractivity contribution is 6.90. The van der Waals surface area contributed by atoms with Gasteiger partial charge in [-0.05, 0) is 85.3 Å². The molecule has 2 saturated carbocycles. The molecule has 0 aromatic heterocycles. The molecule has 0 aliphatic heterocycles. The van der Waals surface area contributed by atoms with Crippen molar-refractivity contribution in [3.05, 3.63) is 52.6 Å². The van der Waals surface area contributed by atoms with Crippen LogP contribution in [0.2, 0.25) is 16.6 Å². The molecular weight excluding hydrogens is 569 g/mol. The SMILES string of the molecule is CC(C)[Si-](C#CC(F)(F)[C@]1(O)CCC2C3CCC4=CC(=O)CCC4=C3C(c3ccc(N(C)C)cc3)C[C@@]21C)(C(C)C)C(C)C. The van der Waals surface area contributed by atoms with Gasteiger partial charge in [0, 0.05) is 37.5 Å². The van der Waals surface area contributed by atoms with Crippen LogP contribution < -0.4 is 4.90 Å². The van der Waals surface area contributed by atoms with E-state index in [-0.39, 0.29) is 46.6 Å². The van der Waals surface area contributed by atoms with Crippen molar-refractivity contribution in [1.82, 2.24) is 0 Å². The molecule has 1 aromatic carbocycles. The van der Waals surface area contributed by atoms with E-state index in [0.29, 0.717) is 19.3 Å². The molecule has 0 heterocycles. The van der Waals surface area contributed by atoms with Crippen LogP contribution in [0, 0.1) is 28.7 Å². The normalized spacial score (nSPS) is 30.6. The number of ketones is 1. The van der Waals surface area contributed by atoms with Crippen LogP contribution in [0.5, 0.6) is 0 Å². The Balaban J connectivity index is 1.64. The Kier molecular flexibility index (Phi) is 8.69. The van der Waals surface area contributed by atoms with Gasteiger partial charge in [-0.1, -0.05) is 80.2 Å². The van der Waals surface area contributed by atoms with Crippen LogP contribution in [-0.4, -0.2) is 44.6 Å². The summed E-state index contributed by atoms with van der Waals surface area (Å²) in [7, 11) is 1.60. The molecule has 5 atom stereocenters. The number of carbonyl (C=O) groups is 1. The molecule has 5 rings (SSSR count). The highest BCUT2D eigenvalue weighted by atomic mass is 28.3. The number of carbonyl (C=O) groups excluding carboxylic acids is 1. The molecule has 44 heavy (non-hydrogen) atoms. The number of anilines is 1. The largest absolute Gasteiger partial charge is 0.382 e. The van der Waals surface area contributed by atoms with E-state index in [1.807, 2.05) is 27.1 Å². The Morgan fingerprint density at radius 2 is 1.59 bits per heavy atom. The zero-order valence-corrected chi connectivity index (χ0v) is 29.4. The molecule has 0 bridgehead atoms. The van der Waals surface area contributed by atoms with E-state index in [9.17, 15) is 9.90 Å². The summed E-state index contributed by atoms with van der Waals surface area (Å²) in [5, 5.41) is 12.4. The fourth-order valence-corrected chi connectivity index (χ4v) is 15.4. The lowest BCUT2D eigenvalue weighted by Gasteiger charge is -2.55. The van der Waals surface area contributed by atoms with Crippen molar-refractivity contribution in [2.75, 3.05) is 19.0 Å². The Bertz CT molecular complexity index is 1390. The summed E-state index contributed by atoms with van der Waals surface area (Å²) in [6.07, 6.45) is 5.78. The quantitative estimate of drug-likeness (QED) is 0.254.